The van der Waals surface area contributed by atoms with Gasteiger partial charge in [-0.25, -0.2) is 0 Å². The molecule has 1 aromatic heterocycles. The summed E-state index contributed by atoms with van der Waals surface area (Å²) in [6.07, 6.45) is 7.93. The largest absolute Gasteiger partial charge is 0.481 e. The second-order valence-corrected chi connectivity index (χ2v) is 8.76. The number of hydrogen-bond donors (Lipinski definition) is 1. The Bertz CT molecular complexity index is 681. The van der Waals surface area contributed by atoms with Gasteiger partial charge >= 0.3 is 5.97 Å². The first-order valence-corrected chi connectivity index (χ1v) is 10.6. The minimum atomic E-state index is -0.789. The zero-order valence-corrected chi connectivity index (χ0v) is 16.7. The molecule has 0 bridgehead atoms. The molecule has 1 fully saturated rings. The Kier molecular flexibility index (Phi) is 6.52. The third-order valence-corrected chi connectivity index (χ3v) is 6.85. The van der Waals surface area contributed by atoms with Gasteiger partial charge in [-0.1, -0.05) is 12.8 Å². The lowest BCUT2D eigenvalue weighted by Crippen LogP contribution is -2.45. The summed E-state index contributed by atoms with van der Waals surface area (Å²) in [7, 11) is 1.67. The van der Waals surface area contributed by atoms with Crippen LogP contribution in [-0.4, -0.2) is 59.4 Å². The summed E-state index contributed by atoms with van der Waals surface area (Å²) >= 11 is 1.58. The number of carboxylic acids is 1. The number of amides is 2. The summed E-state index contributed by atoms with van der Waals surface area (Å²) in [6, 6.07) is 2.02. The number of nitrogens with zero attached hydrogens (tertiary/aromatic N) is 2. The van der Waals surface area contributed by atoms with E-state index in [4.69, 9.17) is 5.11 Å². The Labute approximate surface area is 164 Å². The van der Waals surface area contributed by atoms with E-state index >= 15 is 0 Å². The van der Waals surface area contributed by atoms with E-state index in [1.807, 2.05) is 6.07 Å². The molecule has 0 aromatic carbocycles. The Balaban J connectivity index is 1.57. The van der Waals surface area contributed by atoms with Gasteiger partial charge in [0, 0.05) is 25.0 Å². The van der Waals surface area contributed by atoms with Crippen molar-refractivity contribution in [1.29, 1.82) is 0 Å². The van der Waals surface area contributed by atoms with E-state index in [9.17, 15) is 14.4 Å². The first-order valence-electron chi connectivity index (χ1n) is 9.83. The molecule has 7 heteroatoms. The molecule has 27 heavy (non-hydrogen) atoms. The van der Waals surface area contributed by atoms with Gasteiger partial charge < -0.3 is 14.9 Å². The zero-order valence-electron chi connectivity index (χ0n) is 15.9. The highest BCUT2D eigenvalue weighted by Gasteiger charge is 2.28. The molecule has 2 heterocycles. The van der Waals surface area contributed by atoms with Crippen LogP contribution in [0.25, 0.3) is 0 Å². The van der Waals surface area contributed by atoms with Crippen molar-refractivity contribution in [3.8, 4) is 0 Å². The summed E-state index contributed by atoms with van der Waals surface area (Å²) in [5.41, 5.74) is 1.30. The molecule has 0 unspecified atom stereocenters. The van der Waals surface area contributed by atoms with E-state index < -0.39 is 5.97 Å². The van der Waals surface area contributed by atoms with Gasteiger partial charge in [0.05, 0.1) is 17.3 Å². The number of piperidine rings is 1. The molecule has 0 radical (unpaired) electrons. The van der Waals surface area contributed by atoms with Gasteiger partial charge in [0.15, 0.2) is 0 Å². The normalized spacial score (nSPS) is 18.3. The Hall–Kier alpha value is -1.89. The van der Waals surface area contributed by atoms with Crippen molar-refractivity contribution in [2.75, 3.05) is 26.7 Å². The molecular weight excluding hydrogens is 364 g/mol. The highest BCUT2D eigenvalue weighted by atomic mass is 32.1. The maximum absolute atomic E-state index is 12.8. The van der Waals surface area contributed by atoms with Crippen LogP contribution in [0.3, 0.4) is 0 Å². The highest BCUT2D eigenvalue weighted by Crippen LogP contribution is 2.29. The predicted octanol–water partition coefficient (Wildman–Crippen LogP) is 2.80. The molecule has 0 spiro atoms. The van der Waals surface area contributed by atoms with Crippen LogP contribution < -0.4 is 0 Å². The quantitative estimate of drug-likeness (QED) is 0.855. The van der Waals surface area contributed by atoms with Crippen molar-refractivity contribution in [1.82, 2.24) is 9.80 Å². The zero-order chi connectivity index (χ0) is 19.4. The van der Waals surface area contributed by atoms with Crippen LogP contribution >= 0.6 is 11.3 Å². The molecule has 1 aliphatic heterocycles. The maximum atomic E-state index is 12.8. The van der Waals surface area contributed by atoms with Gasteiger partial charge in [-0.15, -0.1) is 11.3 Å². The van der Waals surface area contributed by atoms with Gasteiger partial charge in [0.2, 0.25) is 5.91 Å². The molecule has 1 saturated heterocycles. The summed E-state index contributed by atoms with van der Waals surface area (Å²) < 4.78 is 0. The molecule has 148 valence electrons. The number of rotatable bonds is 4. The van der Waals surface area contributed by atoms with E-state index in [0.29, 0.717) is 25.9 Å². The standard InChI is InChI=1S/C20H28N2O4S/c1-21(13-18(23)22-10-8-14(9-11-22)20(25)26)19(24)17-12-15-6-4-2-3-5-7-16(15)27-17/h12,14H,2-11,13H2,1H3,(H,25,26). The molecule has 1 aliphatic carbocycles. The number of thiophene rings is 1. The third-order valence-electron chi connectivity index (χ3n) is 5.62. The predicted molar refractivity (Wildman–Crippen MR) is 104 cm³/mol. The van der Waals surface area contributed by atoms with Crippen molar-refractivity contribution in [2.45, 2.75) is 51.4 Å². The van der Waals surface area contributed by atoms with Crippen LogP contribution in [-0.2, 0) is 22.4 Å². The lowest BCUT2D eigenvalue weighted by Gasteiger charge is -2.31. The van der Waals surface area contributed by atoms with E-state index in [1.165, 1.54) is 41.0 Å². The molecule has 6 nitrogen and oxygen atoms in total. The monoisotopic (exact) mass is 392 g/mol. The summed E-state index contributed by atoms with van der Waals surface area (Å²) in [6.45, 7) is 0.940. The number of fused-ring (bicyclic) bond motifs is 1. The summed E-state index contributed by atoms with van der Waals surface area (Å²) in [4.78, 5) is 41.5. The fourth-order valence-corrected chi connectivity index (χ4v) is 5.14. The van der Waals surface area contributed by atoms with E-state index in [1.54, 1.807) is 23.3 Å². The maximum Gasteiger partial charge on any atom is 0.306 e. The first-order chi connectivity index (χ1) is 13.0. The van der Waals surface area contributed by atoms with Gasteiger partial charge in [-0.3, -0.25) is 14.4 Å². The number of carboxylic acid groups (broad SMARTS) is 1. The third kappa shape index (κ3) is 4.89. The fraction of sp³-hybridized carbons (Fsp3) is 0.650. The molecule has 0 saturated carbocycles. The minimum absolute atomic E-state index is 0.0408. The number of hydrogen-bond acceptors (Lipinski definition) is 4. The number of likely N-dealkylation sites (N-methyl/N-ethyl adjacent to an activating group) is 1. The molecule has 3 rings (SSSR count). The van der Waals surface area contributed by atoms with Crippen molar-refractivity contribution in [2.24, 2.45) is 5.92 Å². The van der Waals surface area contributed by atoms with Crippen molar-refractivity contribution in [3.05, 3.63) is 21.4 Å². The van der Waals surface area contributed by atoms with Crippen LogP contribution in [0.15, 0.2) is 6.07 Å². The van der Waals surface area contributed by atoms with Gasteiger partial charge in [-0.2, -0.15) is 0 Å². The summed E-state index contributed by atoms with van der Waals surface area (Å²) in [5.74, 6) is -1.35. The fourth-order valence-electron chi connectivity index (χ4n) is 3.89. The summed E-state index contributed by atoms with van der Waals surface area (Å²) in [5, 5.41) is 9.06. The minimum Gasteiger partial charge on any atom is -0.481 e. The van der Waals surface area contributed by atoms with E-state index in [0.717, 1.165) is 17.7 Å². The number of likely N-dealkylation sites (tertiary alicyclic amines) is 1. The smallest absolute Gasteiger partial charge is 0.306 e. The molecular formula is C20H28N2O4S. The second kappa shape index (κ2) is 8.87. The molecule has 1 aromatic rings. The molecule has 2 aliphatic rings. The van der Waals surface area contributed by atoms with Crippen LogP contribution in [0.5, 0.6) is 0 Å². The lowest BCUT2D eigenvalue weighted by molar-refractivity contribution is -0.145. The van der Waals surface area contributed by atoms with Gasteiger partial charge in [0.1, 0.15) is 0 Å². The average Bonchev–Trinajstić information content (AvgIpc) is 3.03. The highest BCUT2D eigenvalue weighted by molar-refractivity contribution is 7.14. The lowest BCUT2D eigenvalue weighted by atomic mass is 9.97. The van der Waals surface area contributed by atoms with Gasteiger partial charge in [-0.05, 0) is 50.2 Å². The Morgan fingerprint density at radius 3 is 2.48 bits per heavy atom. The second-order valence-electron chi connectivity index (χ2n) is 7.63. The number of carbonyl (C=O) groups is 3. The number of carbonyl (C=O) groups excluding carboxylic acids is 2. The van der Waals surface area contributed by atoms with Crippen molar-refractivity contribution < 1.29 is 19.5 Å². The SMILES string of the molecule is CN(CC(=O)N1CCC(C(=O)O)CC1)C(=O)c1cc2c(s1)CCCCCC2. The van der Waals surface area contributed by atoms with Crippen LogP contribution in [0.1, 0.15) is 58.6 Å². The first kappa shape index (κ1) is 19.9. The Morgan fingerprint density at radius 2 is 1.81 bits per heavy atom. The molecule has 1 N–H and O–H groups in total. The van der Waals surface area contributed by atoms with E-state index in [-0.39, 0.29) is 24.3 Å². The number of aryl methyl sites for hydroxylation is 2. The Morgan fingerprint density at radius 1 is 1.15 bits per heavy atom. The van der Waals surface area contributed by atoms with Crippen LogP contribution in [0.4, 0.5) is 0 Å². The van der Waals surface area contributed by atoms with Crippen molar-refractivity contribution in [3.63, 3.8) is 0 Å². The van der Waals surface area contributed by atoms with Crippen molar-refractivity contribution >= 4 is 29.1 Å². The molecule has 0 atom stereocenters. The van der Waals surface area contributed by atoms with Crippen LogP contribution in [0.2, 0.25) is 0 Å². The topological polar surface area (TPSA) is 77.9 Å². The molecule has 2 amide bonds. The average molecular weight is 393 g/mol. The van der Waals surface area contributed by atoms with Gasteiger partial charge in [0.25, 0.3) is 5.91 Å². The van der Waals surface area contributed by atoms with Crippen LogP contribution in [0, 0.1) is 5.92 Å². The number of aliphatic carboxylic acids is 1. The van der Waals surface area contributed by atoms with E-state index in [2.05, 4.69) is 0 Å².